The van der Waals surface area contributed by atoms with Crippen molar-refractivity contribution in [2.75, 3.05) is 6.54 Å². The average Bonchev–Trinajstić information content (AvgIpc) is 2.63. The number of amides is 2. The van der Waals surface area contributed by atoms with E-state index in [0.29, 0.717) is 10.6 Å². The lowest BCUT2D eigenvalue weighted by atomic mass is 10.2. The minimum absolute atomic E-state index is 0.0292. The van der Waals surface area contributed by atoms with Crippen molar-refractivity contribution in [1.29, 1.82) is 0 Å². The molecule has 2 rings (SSSR count). The molecule has 0 heterocycles. The number of phenolic OH excluding ortho intramolecular Hbond substituents is 1. The molecule has 9 nitrogen and oxygen atoms in total. The number of phenols is 1. The van der Waals surface area contributed by atoms with Crippen LogP contribution in [0.2, 0.25) is 5.02 Å². The molecular weight excluding hydrogens is 444 g/mol. The smallest absolute Gasteiger partial charge is 0.271 e. The topological polar surface area (TPSA) is 134 Å². The van der Waals surface area contributed by atoms with Gasteiger partial charge in [0.2, 0.25) is 0 Å². The molecule has 11 heteroatoms. The summed E-state index contributed by atoms with van der Waals surface area (Å²) >= 11 is 8.72. The molecule has 2 amide bonds. The predicted molar refractivity (Wildman–Crippen MR) is 102 cm³/mol. The molecule has 0 spiro atoms. The zero-order valence-corrected chi connectivity index (χ0v) is 15.8. The summed E-state index contributed by atoms with van der Waals surface area (Å²) in [5.41, 5.74) is 2.24. The molecule has 3 N–H and O–H groups in total. The van der Waals surface area contributed by atoms with Gasteiger partial charge in [-0.05, 0) is 40.2 Å². The Labute approximate surface area is 166 Å². The second-order valence-corrected chi connectivity index (χ2v) is 6.40. The van der Waals surface area contributed by atoms with Crippen LogP contribution in [0.15, 0.2) is 46.0 Å². The predicted octanol–water partition coefficient (Wildman–Crippen LogP) is 2.60. The van der Waals surface area contributed by atoms with Crippen molar-refractivity contribution >= 4 is 51.2 Å². The molecule has 140 valence electrons. The SMILES string of the molecule is O=C(CNC(=O)c1ccc(Cl)cc1)NN=Cc1cc([N+](=O)[O-])cc(Br)c1O. The number of non-ortho nitro benzene ring substituents is 1. The van der Waals surface area contributed by atoms with Crippen LogP contribution in [-0.4, -0.2) is 34.6 Å². The number of nitro benzene ring substituents is 1. The third kappa shape index (κ3) is 5.76. The van der Waals surface area contributed by atoms with E-state index in [0.717, 1.165) is 18.3 Å². The monoisotopic (exact) mass is 454 g/mol. The van der Waals surface area contributed by atoms with Crippen molar-refractivity contribution in [3.8, 4) is 5.75 Å². The number of nitro groups is 1. The number of benzene rings is 2. The largest absolute Gasteiger partial charge is 0.506 e. The fourth-order valence-electron chi connectivity index (χ4n) is 1.89. The molecule has 0 aromatic heterocycles. The minimum atomic E-state index is -0.633. The van der Waals surface area contributed by atoms with Crippen LogP contribution in [0.4, 0.5) is 5.69 Å². The number of halogens is 2. The van der Waals surface area contributed by atoms with Gasteiger partial charge in [0.15, 0.2) is 0 Å². The summed E-state index contributed by atoms with van der Waals surface area (Å²) in [6.45, 7) is -0.344. The first kappa shape index (κ1) is 20.3. The molecular formula is C16H12BrClN4O5. The highest BCUT2D eigenvalue weighted by molar-refractivity contribution is 9.10. The van der Waals surface area contributed by atoms with Gasteiger partial charge in [-0.25, -0.2) is 5.43 Å². The number of nitrogens with zero attached hydrogens (tertiary/aromatic N) is 2. The number of aromatic hydroxyl groups is 1. The van der Waals surface area contributed by atoms with Crippen LogP contribution in [0.3, 0.4) is 0 Å². The highest BCUT2D eigenvalue weighted by Crippen LogP contribution is 2.31. The van der Waals surface area contributed by atoms with E-state index in [9.17, 15) is 24.8 Å². The number of hydrogen-bond donors (Lipinski definition) is 3. The van der Waals surface area contributed by atoms with E-state index in [1.54, 1.807) is 12.1 Å². The highest BCUT2D eigenvalue weighted by atomic mass is 79.9. The van der Waals surface area contributed by atoms with Crippen LogP contribution in [0, 0.1) is 10.1 Å². The summed E-state index contributed by atoms with van der Waals surface area (Å²) in [6, 6.07) is 8.35. The zero-order chi connectivity index (χ0) is 20.0. The van der Waals surface area contributed by atoms with Gasteiger partial charge in [0.1, 0.15) is 5.75 Å². The Kier molecular flexibility index (Phi) is 6.85. The first-order valence-electron chi connectivity index (χ1n) is 7.30. The molecule has 27 heavy (non-hydrogen) atoms. The first-order valence-corrected chi connectivity index (χ1v) is 8.47. The van der Waals surface area contributed by atoms with Gasteiger partial charge < -0.3 is 10.4 Å². The lowest BCUT2D eigenvalue weighted by Gasteiger charge is -2.05. The molecule has 0 radical (unpaired) electrons. The lowest BCUT2D eigenvalue weighted by molar-refractivity contribution is -0.385. The van der Waals surface area contributed by atoms with Gasteiger partial charge in [0.25, 0.3) is 17.5 Å². The van der Waals surface area contributed by atoms with Crippen LogP contribution in [0.1, 0.15) is 15.9 Å². The summed E-state index contributed by atoms with van der Waals surface area (Å²) in [6.07, 6.45) is 1.05. The van der Waals surface area contributed by atoms with Gasteiger partial charge in [-0.2, -0.15) is 5.10 Å². The van der Waals surface area contributed by atoms with Crippen molar-refractivity contribution < 1.29 is 19.6 Å². The number of hydrazone groups is 1. The van der Waals surface area contributed by atoms with E-state index < -0.39 is 16.7 Å². The van der Waals surface area contributed by atoms with Gasteiger partial charge in [0, 0.05) is 28.3 Å². The molecule has 0 atom stereocenters. The van der Waals surface area contributed by atoms with Crippen molar-refractivity contribution in [2.24, 2.45) is 5.10 Å². The van der Waals surface area contributed by atoms with Gasteiger partial charge in [-0.3, -0.25) is 19.7 Å². The van der Waals surface area contributed by atoms with Crippen LogP contribution < -0.4 is 10.7 Å². The van der Waals surface area contributed by atoms with E-state index in [1.165, 1.54) is 12.1 Å². The summed E-state index contributed by atoms with van der Waals surface area (Å²) in [5, 5.41) is 27.2. The van der Waals surface area contributed by atoms with Crippen LogP contribution in [-0.2, 0) is 4.79 Å². The standard InChI is InChI=1S/C16H12BrClN4O5/c17-13-6-12(22(26)27)5-10(15(13)24)7-20-21-14(23)8-19-16(25)9-1-3-11(18)4-2-9/h1-7,24H,8H2,(H,19,25)(H,21,23). The molecule has 0 fully saturated rings. The van der Waals surface area contributed by atoms with E-state index in [1.807, 2.05) is 0 Å². The van der Waals surface area contributed by atoms with E-state index >= 15 is 0 Å². The zero-order valence-electron chi connectivity index (χ0n) is 13.5. The normalized spacial score (nSPS) is 10.6. The van der Waals surface area contributed by atoms with Gasteiger partial charge in [-0.15, -0.1) is 0 Å². The fraction of sp³-hybridized carbons (Fsp3) is 0.0625. The Hall–Kier alpha value is -2.98. The third-order valence-corrected chi connectivity index (χ3v) is 4.05. The number of hydrogen-bond acceptors (Lipinski definition) is 6. The van der Waals surface area contributed by atoms with Crippen LogP contribution >= 0.6 is 27.5 Å². The summed E-state index contributed by atoms with van der Waals surface area (Å²) < 4.78 is 0.111. The Bertz CT molecular complexity index is 918. The minimum Gasteiger partial charge on any atom is -0.506 e. The first-order chi connectivity index (χ1) is 12.8. The molecule has 0 aliphatic rings. The fourth-order valence-corrected chi connectivity index (χ4v) is 2.48. The number of carbonyl (C=O) groups is 2. The summed E-state index contributed by atoms with van der Waals surface area (Å²) in [7, 11) is 0. The molecule has 0 saturated heterocycles. The molecule has 0 bridgehead atoms. The molecule has 0 aliphatic carbocycles. The highest BCUT2D eigenvalue weighted by Gasteiger charge is 2.14. The van der Waals surface area contributed by atoms with Gasteiger partial charge in [-0.1, -0.05) is 11.6 Å². The maximum absolute atomic E-state index is 11.9. The average molecular weight is 456 g/mol. The van der Waals surface area contributed by atoms with E-state index in [2.05, 4.69) is 31.8 Å². The number of carbonyl (C=O) groups excluding carboxylic acids is 2. The van der Waals surface area contributed by atoms with Crippen molar-refractivity contribution in [3.63, 3.8) is 0 Å². The molecule has 0 saturated carbocycles. The van der Waals surface area contributed by atoms with E-state index in [-0.39, 0.29) is 28.0 Å². The van der Waals surface area contributed by atoms with Gasteiger partial charge in [0.05, 0.1) is 22.2 Å². The molecule has 2 aromatic carbocycles. The Morgan fingerprint density at radius 3 is 2.59 bits per heavy atom. The van der Waals surface area contributed by atoms with Crippen molar-refractivity contribution in [1.82, 2.24) is 10.7 Å². The van der Waals surface area contributed by atoms with Crippen molar-refractivity contribution in [2.45, 2.75) is 0 Å². The number of nitrogens with one attached hydrogen (secondary N) is 2. The second-order valence-electron chi connectivity index (χ2n) is 5.11. The van der Waals surface area contributed by atoms with Crippen LogP contribution in [0.25, 0.3) is 0 Å². The second kappa shape index (κ2) is 9.10. The summed E-state index contributed by atoms with van der Waals surface area (Å²) in [4.78, 5) is 33.8. The third-order valence-electron chi connectivity index (χ3n) is 3.20. The number of rotatable bonds is 6. The molecule has 0 unspecified atom stereocenters. The Balaban J connectivity index is 1.92. The van der Waals surface area contributed by atoms with E-state index in [4.69, 9.17) is 11.6 Å². The Morgan fingerprint density at radius 2 is 1.96 bits per heavy atom. The quantitative estimate of drug-likeness (QED) is 0.350. The molecule has 2 aromatic rings. The van der Waals surface area contributed by atoms with Crippen molar-refractivity contribution in [3.05, 3.63) is 67.1 Å². The molecule has 0 aliphatic heterocycles. The maximum atomic E-state index is 11.9. The lowest BCUT2D eigenvalue weighted by Crippen LogP contribution is -2.34. The van der Waals surface area contributed by atoms with Gasteiger partial charge >= 0.3 is 0 Å². The Morgan fingerprint density at radius 1 is 1.30 bits per heavy atom. The summed E-state index contributed by atoms with van der Waals surface area (Å²) in [5.74, 6) is -1.36. The maximum Gasteiger partial charge on any atom is 0.271 e. The van der Waals surface area contributed by atoms with Crippen LogP contribution in [0.5, 0.6) is 5.75 Å².